The van der Waals surface area contributed by atoms with Crippen molar-refractivity contribution in [3.63, 3.8) is 0 Å². The fourth-order valence-electron chi connectivity index (χ4n) is 5.10. The summed E-state index contributed by atoms with van der Waals surface area (Å²) in [6.45, 7) is 3.41. The van der Waals surface area contributed by atoms with Crippen LogP contribution in [0.3, 0.4) is 0 Å². The standard InChI is InChI=1S/C30H26BrClO6/c1-3-22(27(34)19-8-6-5-7-9-19)26-23-16-20(31)12-15-25(23)38-29(36)30(26,28(35)37-4-2)17-24(33)18-10-13-21(32)14-11-18/h5-16,22,26H,3-4,17H2,1-2H3/t22-,26-,30+/m0/s1. The second-order valence-electron chi connectivity index (χ2n) is 9.09. The molecule has 196 valence electrons. The van der Waals surface area contributed by atoms with Gasteiger partial charge in [0.05, 0.1) is 6.61 Å². The van der Waals surface area contributed by atoms with Crippen LogP contribution in [0.1, 0.15) is 58.9 Å². The topological polar surface area (TPSA) is 86.7 Å². The normalized spacial score (nSPS) is 19.2. The number of halogens is 2. The largest absolute Gasteiger partial charge is 0.465 e. The first-order valence-corrected chi connectivity index (χ1v) is 13.5. The van der Waals surface area contributed by atoms with Gasteiger partial charge in [-0.2, -0.15) is 0 Å². The van der Waals surface area contributed by atoms with Crippen LogP contribution in [0.25, 0.3) is 0 Å². The molecule has 3 atom stereocenters. The van der Waals surface area contributed by atoms with Crippen LogP contribution in [-0.4, -0.2) is 30.1 Å². The molecular weight excluding hydrogens is 572 g/mol. The van der Waals surface area contributed by atoms with E-state index in [1.165, 1.54) is 12.1 Å². The molecule has 0 fully saturated rings. The van der Waals surface area contributed by atoms with Gasteiger partial charge in [-0.3, -0.25) is 19.2 Å². The van der Waals surface area contributed by atoms with Gasteiger partial charge in [0.2, 0.25) is 0 Å². The van der Waals surface area contributed by atoms with E-state index in [0.29, 0.717) is 27.0 Å². The fraction of sp³-hybridized carbons (Fsp3) is 0.267. The lowest BCUT2D eigenvalue weighted by Gasteiger charge is -2.43. The molecule has 3 aromatic carbocycles. The molecule has 38 heavy (non-hydrogen) atoms. The van der Waals surface area contributed by atoms with Crippen LogP contribution in [0.4, 0.5) is 0 Å². The average Bonchev–Trinajstić information content (AvgIpc) is 2.91. The Morgan fingerprint density at radius 1 is 1.00 bits per heavy atom. The number of fused-ring (bicyclic) bond motifs is 1. The van der Waals surface area contributed by atoms with Crippen LogP contribution in [0, 0.1) is 11.3 Å². The molecule has 8 heteroatoms. The number of carbonyl (C=O) groups excluding carboxylic acids is 4. The molecule has 0 amide bonds. The summed E-state index contributed by atoms with van der Waals surface area (Å²) in [7, 11) is 0. The van der Waals surface area contributed by atoms with Crippen LogP contribution in [-0.2, 0) is 14.3 Å². The van der Waals surface area contributed by atoms with Gasteiger partial charge in [-0.1, -0.05) is 64.8 Å². The Balaban J connectivity index is 1.95. The van der Waals surface area contributed by atoms with E-state index in [1.54, 1.807) is 67.6 Å². The number of Topliss-reactive ketones (excluding diaryl/α,β-unsaturated/α-hetero) is 2. The molecule has 0 saturated heterocycles. The quantitative estimate of drug-likeness (QED) is 0.116. The number of rotatable bonds is 9. The molecule has 3 aromatic rings. The predicted molar refractivity (Wildman–Crippen MR) is 147 cm³/mol. The molecule has 0 saturated carbocycles. The minimum atomic E-state index is -2.09. The molecule has 1 aliphatic rings. The molecule has 0 N–H and O–H groups in total. The highest BCUT2D eigenvalue weighted by Gasteiger charge is 2.62. The maximum absolute atomic E-state index is 13.9. The zero-order valence-corrected chi connectivity index (χ0v) is 23.3. The summed E-state index contributed by atoms with van der Waals surface area (Å²) in [5.41, 5.74) is -0.901. The minimum absolute atomic E-state index is 0.0233. The molecular formula is C30H26BrClO6. The zero-order valence-electron chi connectivity index (χ0n) is 20.9. The van der Waals surface area contributed by atoms with Crippen LogP contribution < -0.4 is 4.74 Å². The van der Waals surface area contributed by atoms with Crippen molar-refractivity contribution in [3.05, 3.63) is 99.0 Å². The van der Waals surface area contributed by atoms with E-state index in [4.69, 9.17) is 21.1 Å². The summed E-state index contributed by atoms with van der Waals surface area (Å²) < 4.78 is 11.8. The summed E-state index contributed by atoms with van der Waals surface area (Å²) in [5.74, 6) is -4.16. The van der Waals surface area contributed by atoms with Crippen LogP contribution in [0.5, 0.6) is 5.75 Å². The maximum atomic E-state index is 13.9. The second-order valence-corrected chi connectivity index (χ2v) is 10.4. The van der Waals surface area contributed by atoms with E-state index in [-0.39, 0.29) is 23.7 Å². The summed E-state index contributed by atoms with van der Waals surface area (Å²) >= 11 is 9.46. The Hall–Kier alpha value is -3.29. The first kappa shape index (κ1) is 27.7. The lowest BCUT2D eigenvalue weighted by Crippen LogP contribution is -2.54. The van der Waals surface area contributed by atoms with Gasteiger partial charge in [0.25, 0.3) is 0 Å². The Bertz CT molecular complexity index is 1370. The summed E-state index contributed by atoms with van der Waals surface area (Å²) in [6, 6.07) is 19.9. The summed E-state index contributed by atoms with van der Waals surface area (Å²) in [4.78, 5) is 55.2. The smallest absolute Gasteiger partial charge is 0.330 e. The van der Waals surface area contributed by atoms with Crippen molar-refractivity contribution < 1.29 is 28.7 Å². The second kappa shape index (κ2) is 11.6. The van der Waals surface area contributed by atoms with Crippen molar-refractivity contribution in [2.45, 2.75) is 32.6 Å². The molecule has 0 radical (unpaired) electrons. The van der Waals surface area contributed by atoms with Gasteiger partial charge in [-0.25, -0.2) is 0 Å². The van der Waals surface area contributed by atoms with Gasteiger partial charge in [0.1, 0.15) is 5.75 Å². The fourth-order valence-corrected chi connectivity index (χ4v) is 5.61. The van der Waals surface area contributed by atoms with Crippen molar-refractivity contribution in [1.29, 1.82) is 0 Å². The van der Waals surface area contributed by atoms with E-state index in [2.05, 4.69) is 15.9 Å². The van der Waals surface area contributed by atoms with Crippen molar-refractivity contribution in [1.82, 2.24) is 0 Å². The lowest BCUT2D eigenvalue weighted by atomic mass is 9.60. The van der Waals surface area contributed by atoms with Crippen molar-refractivity contribution in [2.24, 2.45) is 11.3 Å². The van der Waals surface area contributed by atoms with E-state index >= 15 is 0 Å². The predicted octanol–water partition coefficient (Wildman–Crippen LogP) is 6.84. The molecule has 6 nitrogen and oxygen atoms in total. The van der Waals surface area contributed by atoms with E-state index < -0.39 is 41.4 Å². The molecule has 0 unspecified atom stereocenters. The van der Waals surface area contributed by atoms with Crippen LogP contribution in [0.2, 0.25) is 5.02 Å². The van der Waals surface area contributed by atoms with Gasteiger partial charge >= 0.3 is 11.9 Å². The third kappa shape index (κ3) is 5.18. The van der Waals surface area contributed by atoms with E-state index in [0.717, 1.165) is 0 Å². The summed E-state index contributed by atoms with van der Waals surface area (Å²) in [5, 5.41) is 0.440. The Kier molecular flexibility index (Phi) is 8.48. The number of esters is 2. The van der Waals surface area contributed by atoms with Crippen molar-refractivity contribution in [2.75, 3.05) is 6.61 Å². The lowest BCUT2D eigenvalue weighted by molar-refractivity contribution is -0.171. The van der Waals surface area contributed by atoms with E-state index in [9.17, 15) is 19.2 Å². The highest BCUT2D eigenvalue weighted by atomic mass is 79.9. The minimum Gasteiger partial charge on any atom is -0.465 e. The van der Waals surface area contributed by atoms with Crippen LogP contribution in [0.15, 0.2) is 77.3 Å². The van der Waals surface area contributed by atoms with Gasteiger partial charge in [0.15, 0.2) is 17.0 Å². The maximum Gasteiger partial charge on any atom is 0.330 e. The SMILES string of the molecule is CCOC(=O)[C@]1(CC(=O)c2ccc(Cl)cc2)C(=O)Oc2ccc(Br)cc2[C@@H]1[C@H](CC)C(=O)c1ccccc1. The Morgan fingerprint density at radius 3 is 2.32 bits per heavy atom. The molecule has 0 aromatic heterocycles. The first-order valence-electron chi connectivity index (χ1n) is 12.3. The number of ether oxygens (including phenoxy) is 2. The Labute approximate surface area is 234 Å². The summed E-state index contributed by atoms with van der Waals surface area (Å²) in [6.07, 6.45) is -0.241. The van der Waals surface area contributed by atoms with Gasteiger partial charge < -0.3 is 9.47 Å². The molecule has 0 bridgehead atoms. The molecule has 1 heterocycles. The molecule has 0 spiro atoms. The first-order chi connectivity index (χ1) is 18.2. The molecule has 4 rings (SSSR count). The highest BCUT2D eigenvalue weighted by Crippen LogP contribution is 2.54. The number of hydrogen-bond acceptors (Lipinski definition) is 6. The van der Waals surface area contributed by atoms with Crippen molar-refractivity contribution in [3.8, 4) is 5.75 Å². The number of benzene rings is 3. The monoisotopic (exact) mass is 596 g/mol. The molecule has 0 aliphatic carbocycles. The van der Waals surface area contributed by atoms with Gasteiger partial charge in [-0.15, -0.1) is 0 Å². The number of ketones is 2. The van der Waals surface area contributed by atoms with Gasteiger partial charge in [0, 0.05) is 44.4 Å². The highest BCUT2D eigenvalue weighted by molar-refractivity contribution is 9.10. The van der Waals surface area contributed by atoms with Gasteiger partial charge in [-0.05, 0) is 55.8 Å². The zero-order chi connectivity index (χ0) is 27.4. The van der Waals surface area contributed by atoms with E-state index in [1.807, 2.05) is 6.92 Å². The van der Waals surface area contributed by atoms with Crippen LogP contribution >= 0.6 is 27.5 Å². The third-order valence-corrected chi connectivity index (χ3v) is 7.63. The number of hydrogen-bond donors (Lipinski definition) is 0. The number of carbonyl (C=O) groups is 4. The Morgan fingerprint density at radius 2 is 1.68 bits per heavy atom. The third-order valence-electron chi connectivity index (χ3n) is 6.89. The average molecular weight is 598 g/mol. The van der Waals surface area contributed by atoms with Crippen molar-refractivity contribution >= 4 is 51.0 Å². The molecule has 1 aliphatic heterocycles.